The first-order valence-corrected chi connectivity index (χ1v) is 7.17. The van der Waals surface area contributed by atoms with Crippen LogP contribution in [0.25, 0.3) is 0 Å². The number of hydrogen-bond donors (Lipinski definition) is 1. The van der Waals surface area contributed by atoms with Crippen LogP contribution in [0.15, 0.2) is 29.8 Å². The molecule has 1 N–H and O–H groups in total. The van der Waals surface area contributed by atoms with E-state index < -0.39 is 0 Å². The molecular formula is C11H9N3O2S2. The number of hydrogen-bond acceptors (Lipinski definition) is 6. The maximum atomic E-state index is 11.9. The molecule has 1 aliphatic rings. The van der Waals surface area contributed by atoms with Crippen LogP contribution in [0.2, 0.25) is 0 Å². The first kappa shape index (κ1) is 11.5. The minimum absolute atomic E-state index is 0.0186. The van der Waals surface area contributed by atoms with E-state index in [1.54, 1.807) is 28.6 Å². The molecule has 18 heavy (non-hydrogen) atoms. The lowest BCUT2D eigenvalue weighted by molar-refractivity contribution is -0.115. The zero-order chi connectivity index (χ0) is 12.5. The molecule has 2 aromatic rings. The fourth-order valence-corrected chi connectivity index (χ4v) is 3.64. The summed E-state index contributed by atoms with van der Waals surface area (Å²) < 4.78 is 0. The topological polar surface area (TPSA) is 66.3 Å². The van der Waals surface area contributed by atoms with Crippen molar-refractivity contribution in [3.05, 3.63) is 35.3 Å². The number of rotatable bonds is 2. The van der Waals surface area contributed by atoms with E-state index in [4.69, 9.17) is 0 Å². The lowest BCUT2D eigenvalue weighted by Gasteiger charge is -2.20. The summed E-state index contributed by atoms with van der Waals surface area (Å²) in [6.07, 6.45) is 0. The monoisotopic (exact) mass is 279 g/mol. The highest BCUT2D eigenvalue weighted by Gasteiger charge is 2.35. The van der Waals surface area contributed by atoms with Gasteiger partial charge in [-0.15, -0.1) is 22.0 Å². The van der Waals surface area contributed by atoms with Crippen LogP contribution in [0.1, 0.15) is 10.9 Å². The fourth-order valence-electron chi connectivity index (χ4n) is 1.83. The summed E-state index contributed by atoms with van der Waals surface area (Å²) in [5, 5.41) is 17.7. The number of carbonyl (C=O) groups is 1. The van der Waals surface area contributed by atoms with Crippen molar-refractivity contribution in [3.8, 4) is 5.75 Å². The Morgan fingerprint density at radius 2 is 2.33 bits per heavy atom. The van der Waals surface area contributed by atoms with Gasteiger partial charge < -0.3 is 5.11 Å². The molecule has 2 heterocycles. The van der Waals surface area contributed by atoms with Crippen molar-refractivity contribution >= 4 is 34.1 Å². The molecule has 0 radical (unpaired) electrons. The molecule has 7 heteroatoms. The molecule has 0 saturated carbocycles. The highest BCUT2D eigenvalue weighted by Crippen LogP contribution is 2.42. The molecule has 92 valence electrons. The summed E-state index contributed by atoms with van der Waals surface area (Å²) in [5.41, 5.74) is 2.49. The number of nitrogens with zero attached hydrogens (tertiary/aromatic N) is 3. The van der Waals surface area contributed by atoms with Crippen molar-refractivity contribution in [2.24, 2.45) is 0 Å². The third-order valence-corrected chi connectivity index (χ3v) is 4.48. The molecular weight excluding hydrogens is 270 g/mol. The first-order chi connectivity index (χ1) is 8.75. The van der Waals surface area contributed by atoms with Crippen LogP contribution in [0.4, 0.5) is 5.13 Å². The highest BCUT2D eigenvalue weighted by atomic mass is 32.2. The van der Waals surface area contributed by atoms with Crippen LogP contribution in [-0.2, 0) is 4.79 Å². The summed E-state index contributed by atoms with van der Waals surface area (Å²) >= 11 is 2.86. The van der Waals surface area contributed by atoms with Gasteiger partial charge in [0.15, 0.2) is 0 Å². The summed E-state index contributed by atoms with van der Waals surface area (Å²) in [6.45, 7) is 0. The molecule has 1 aliphatic heterocycles. The molecule has 1 atom stereocenters. The van der Waals surface area contributed by atoms with Crippen LogP contribution in [-0.4, -0.2) is 27.0 Å². The Morgan fingerprint density at radius 3 is 3.06 bits per heavy atom. The Balaban J connectivity index is 1.99. The molecule has 1 aromatic heterocycles. The Kier molecular flexibility index (Phi) is 2.92. The molecule has 1 saturated heterocycles. The predicted molar refractivity (Wildman–Crippen MR) is 70.7 cm³/mol. The third kappa shape index (κ3) is 1.95. The second kappa shape index (κ2) is 4.58. The number of phenolic OH excluding ortho intramolecular Hbond substituents is 1. The minimum atomic E-state index is -0.141. The normalized spacial score (nSPS) is 19.4. The van der Waals surface area contributed by atoms with E-state index in [2.05, 4.69) is 10.2 Å². The Bertz CT molecular complexity index is 573. The van der Waals surface area contributed by atoms with Gasteiger partial charge in [-0.25, -0.2) is 0 Å². The lowest BCUT2D eigenvalue weighted by Crippen LogP contribution is -2.27. The molecule has 0 spiro atoms. The maximum absolute atomic E-state index is 11.9. The number of aromatic hydroxyl groups is 1. The zero-order valence-electron chi connectivity index (χ0n) is 9.18. The zero-order valence-corrected chi connectivity index (χ0v) is 10.8. The van der Waals surface area contributed by atoms with Crippen molar-refractivity contribution in [3.63, 3.8) is 0 Å². The molecule has 0 unspecified atom stereocenters. The smallest absolute Gasteiger partial charge is 0.240 e. The molecule has 1 aromatic carbocycles. The Hall–Kier alpha value is -1.60. The molecule has 0 aliphatic carbocycles. The second-order valence-electron chi connectivity index (χ2n) is 3.74. The van der Waals surface area contributed by atoms with Crippen molar-refractivity contribution in [1.29, 1.82) is 0 Å². The summed E-state index contributed by atoms with van der Waals surface area (Å²) in [6, 6.07) is 6.95. The van der Waals surface area contributed by atoms with Crippen LogP contribution in [0, 0.1) is 0 Å². The van der Waals surface area contributed by atoms with Gasteiger partial charge >= 0.3 is 0 Å². The molecule has 5 nitrogen and oxygen atoms in total. The standard InChI is InChI=1S/C11H9N3O2S2/c15-8-3-1-2-7(4-8)10-14(9(16)5-17-10)11-13-12-6-18-11/h1-4,6,10,15H,5H2/t10-/m0/s1. The SMILES string of the molecule is O=C1CS[C@@H](c2cccc(O)c2)N1c1nncs1. The van der Waals surface area contributed by atoms with E-state index in [0.29, 0.717) is 10.9 Å². The average molecular weight is 279 g/mol. The minimum Gasteiger partial charge on any atom is -0.508 e. The van der Waals surface area contributed by atoms with E-state index >= 15 is 0 Å². The number of phenols is 1. The predicted octanol–water partition coefficient (Wildman–Crippen LogP) is 2.02. The first-order valence-electron chi connectivity index (χ1n) is 5.24. The van der Waals surface area contributed by atoms with Crippen LogP contribution < -0.4 is 4.90 Å². The van der Waals surface area contributed by atoms with Gasteiger partial charge in [-0.3, -0.25) is 9.69 Å². The molecule has 3 rings (SSSR count). The van der Waals surface area contributed by atoms with Gasteiger partial charge in [-0.05, 0) is 17.7 Å². The van der Waals surface area contributed by atoms with Gasteiger partial charge in [0.2, 0.25) is 11.0 Å². The summed E-state index contributed by atoms with van der Waals surface area (Å²) in [5.74, 6) is 0.634. The second-order valence-corrected chi connectivity index (χ2v) is 5.62. The highest BCUT2D eigenvalue weighted by molar-refractivity contribution is 8.00. The number of amides is 1. The van der Waals surface area contributed by atoms with Crippen molar-refractivity contribution < 1.29 is 9.90 Å². The Morgan fingerprint density at radius 1 is 1.44 bits per heavy atom. The van der Waals surface area contributed by atoms with Crippen molar-refractivity contribution in [2.75, 3.05) is 10.7 Å². The fraction of sp³-hybridized carbons (Fsp3) is 0.182. The van der Waals surface area contributed by atoms with Gasteiger partial charge in [-0.1, -0.05) is 23.5 Å². The summed E-state index contributed by atoms with van der Waals surface area (Å²) in [7, 11) is 0. The van der Waals surface area contributed by atoms with Gasteiger partial charge in [0.05, 0.1) is 5.75 Å². The van der Waals surface area contributed by atoms with E-state index in [1.807, 2.05) is 6.07 Å². The van der Waals surface area contributed by atoms with Gasteiger partial charge in [0.25, 0.3) is 0 Å². The van der Waals surface area contributed by atoms with E-state index in [0.717, 1.165) is 5.56 Å². The lowest BCUT2D eigenvalue weighted by atomic mass is 10.2. The van der Waals surface area contributed by atoms with Gasteiger partial charge in [0.1, 0.15) is 16.6 Å². The summed E-state index contributed by atoms with van der Waals surface area (Å²) in [4.78, 5) is 13.6. The van der Waals surface area contributed by atoms with E-state index in [1.165, 1.54) is 23.1 Å². The average Bonchev–Trinajstić information content (AvgIpc) is 2.97. The number of carbonyl (C=O) groups excluding carboxylic acids is 1. The Labute approximate surface area is 111 Å². The number of anilines is 1. The number of benzene rings is 1. The largest absolute Gasteiger partial charge is 0.508 e. The van der Waals surface area contributed by atoms with Gasteiger partial charge in [0, 0.05) is 0 Å². The van der Waals surface area contributed by atoms with Crippen LogP contribution in [0.5, 0.6) is 5.75 Å². The third-order valence-electron chi connectivity index (χ3n) is 2.58. The molecule has 0 bridgehead atoms. The quantitative estimate of drug-likeness (QED) is 0.911. The van der Waals surface area contributed by atoms with Crippen LogP contribution >= 0.6 is 23.1 Å². The van der Waals surface area contributed by atoms with Crippen LogP contribution in [0.3, 0.4) is 0 Å². The van der Waals surface area contributed by atoms with Gasteiger partial charge in [-0.2, -0.15) is 0 Å². The molecule has 1 fully saturated rings. The van der Waals surface area contributed by atoms with Crippen molar-refractivity contribution in [1.82, 2.24) is 10.2 Å². The number of aromatic nitrogens is 2. The van der Waals surface area contributed by atoms with Crippen molar-refractivity contribution in [2.45, 2.75) is 5.37 Å². The van der Waals surface area contributed by atoms with E-state index in [-0.39, 0.29) is 17.0 Å². The molecule has 1 amide bonds. The number of thioether (sulfide) groups is 1. The maximum Gasteiger partial charge on any atom is 0.240 e. The van der Waals surface area contributed by atoms with E-state index in [9.17, 15) is 9.90 Å².